The molecule has 2 saturated carbocycles. The second-order valence-corrected chi connectivity index (χ2v) is 17.8. The number of hydrogen-bond donors (Lipinski definition) is 7. The molecule has 4 fully saturated rings. The minimum atomic E-state index is -1.79. The number of hydrogen-bond acceptors (Lipinski definition) is 12. The predicted octanol–water partition coefficient (Wildman–Crippen LogP) is 5.13. The van der Waals surface area contributed by atoms with Crippen molar-refractivity contribution in [2.45, 2.75) is 94.9 Å². The lowest BCUT2D eigenvalue weighted by Gasteiger charge is -2.61. The Morgan fingerprint density at radius 3 is 2.58 bits per heavy atom. The van der Waals surface area contributed by atoms with Gasteiger partial charge >= 0.3 is 5.97 Å². The highest BCUT2D eigenvalue weighted by molar-refractivity contribution is 6.11. The third kappa shape index (κ3) is 6.39. The Morgan fingerprint density at radius 2 is 1.83 bits per heavy atom. The molecule has 9 rings (SSSR count). The Bertz CT molecular complexity index is 2240. The number of benzene rings is 3. The fraction of sp³-hybridized carbons (Fsp3) is 0.532. The van der Waals surface area contributed by atoms with Gasteiger partial charge in [0, 0.05) is 36.0 Å². The summed E-state index contributed by atoms with van der Waals surface area (Å²) in [5.41, 5.74) is 2.22. The van der Waals surface area contributed by atoms with Gasteiger partial charge in [-0.2, -0.15) is 0 Å². The number of carbonyl (C=O) groups excluding carboxylic acids is 1. The summed E-state index contributed by atoms with van der Waals surface area (Å²) in [7, 11) is 0. The zero-order chi connectivity index (χ0) is 42.1. The molecule has 0 bridgehead atoms. The van der Waals surface area contributed by atoms with Crippen LogP contribution in [-0.4, -0.2) is 111 Å². The van der Waals surface area contributed by atoms with Crippen molar-refractivity contribution >= 4 is 22.5 Å². The third-order valence-corrected chi connectivity index (χ3v) is 14.8. The van der Waals surface area contributed by atoms with Crippen LogP contribution in [0.15, 0.2) is 65.3 Å². The van der Waals surface area contributed by atoms with Gasteiger partial charge in [-0.05, 0) is 110 Å². The first-order valence-electron chi connectivity index (χ1n) is 21.3. The topological polar surface area (TPSA) is 213 Å². The van der Waals surface area contributed by atoms with Gasteiger partial charge < -0.3 is 54.7 Å². The van der Waals surface area contributed by atoms with Gasteiger partial charge in [0.2, 0.25) is 6.29 Å². The molecule has 0 radical (unpaired) electrons. The summed E-state index contributed by atoms with van der Waals surface area (Å²) in [5, 5.41) is 78.3. The maximum absolute atomic E-state index is 13.7. The number of carbonyl (C=O) groups is 2. The van der Waals surface area contributed by atoms with Crippen molar-refractivity contribution in [3.63, 3.8) is 0 Å². The number of carboxylic acid groups (broad SMARTS) is 1. The fourth-order valence-corrected chi connectivity index (χ4v) is 12.2. The molecule has 320 valence electrons. The normalized spacial score (nSPS) is 33.2. The first kappa shape index (κ1) is 41.0. The van der Waals surface area contributed by atoms with E-state index >= 15 is 0 Å². The number of aromatic carboxylic acids is 1. The van der Waals surface area contributed by atoms with Crippen LogP contribution in [0.5, 0.6) is 17.2 Å². The number of carboxylic acids is 1. The standard InChI is InChI=1S/C47H54O13/c1-24-36(33(50)14-11-25-7-3-2-4-8-25)41(52)38-30(40(24)51)17-28(44(55)56)18-34(38)59-45-42(53)43(54)47(35(20-49)60-45)19-31-29-10-5-9-27-21-57-23-46(39(27)29,15-6-16-48)32-13-12-26(22-58-47)37(31)32/h2-4,7-8,13,17-18,27,29,31,35,39,42-43,45,48-49,51-54H,5-6,9-12,14-16,19-23H2,1H3,(H,55,56)/t27-,29-,31-,35-,39+,42-,43-,45-,46+,47-/m1/s1. The van der Waals surface area contributed by atoms with Gasteiger partial charge in [-0.15, -0.1) is 0 Å². The first-order chi connectivity index (χ1) is 28.9. The summed E-state index contributed by atoms with van der Waals surface area (Å²) in [6.45, 7) is 2.33. The summed E-state index contributed by atoms with van der Waals surface area (Å²) in [6.07, 6.45) is 1.72. The van der Waals surface area contributed by atoms with E-state index in [0.717, 1.165) is 49.0 Å². The third-order valence-electron chi connectivity index (χ3n) is 14.8. The largest absolute Gasteiger partial charge is 0.507 e. The van der Waals surface area contributed by atoms with Crippen molar-refractivity contribution in [1.29, 1.82) is 0 Å². The predicted molar refractivity (Wildman–Crippen MR) is 217 cm³/mol. The molecule has 3 aliphatic carbocycles. The van der Waals surface area contributed by atoms with Crippen molar-refractivity contribution in [3.05, 3.63) is 87.5 Å². The van der Waals surface area contributed by atoms with Crippen molar-refractivity contribution in [2.75, 3.05) is 33.0 Å². The van der Waals surface area contributed by atoms with Crippen LogP contribution in [0.3, 0.4) is 0 Å². The van der Waals surface area contributed by atoms with Crippen LogP contribution < -0.4 is 4.74 Å². The number of phenolic OH excluding ortho intramolecular Hbond substituents is 2. The van der Waals surface area contributed by atoms with Crippen LogP contribution in [0.2, 0.25) is 0 Å². The molecule has 13 heteroatoms. The highest BCUT2D eigenvalue weighted by Crippen LogP contribution is 2.67. The minimum Gasteiger partial charge on any atom is -0.507 e. The van der Waals surface area contributed by atoms with Crippen molar-refractivity contribution < 1.29 is 64.3 Å². The quantitative estimate of drug-likeness (QED) is 0.0989. The van der Waals surface area contributed by atoms with Gasteiger partial charge in [0.05, 0.1) is 36.3 Å². The molecule has 3 aliphatic heterocycles. The van der Waals surface area contributed by atoms with Gasteiger partial charge in [0.25, 0.3) is 0 Å². The second-order valence-electron chi connectivity index (χ2n) is 17.8. The molecule has 0 amide bonds. The van der Waals surface area contributed by atoms with Gasteiger partial charge in [0.15, 0.2) is 5.78 Å². The first-order valence-corrected chi connectivity index (χ1v) is 21.3. The lowest BCUT2D eigenvalue weighted by molar-refractivity contribution is -0.326. The van der Waals surface area contributed by atoms with Gasteiger partial charge in [0.1, 0.15) is 41.2 Å². The second kappa shape index (κ2) is 15.8. The van der Waals surface area contributed by atoms with E-state index in [0.29, 0.717) is 38.4 Å². The van der Waals surface area contributed by atoms with Crippen molar-refractivity contribution in [3.8, 4) is 17.2 Å². The fourth-order valence-electron chi connectivity index (χ4n) is 12.2. The highest BCUT2D eigenvalue weighted by Gasteiger charge is 2.65. The summed E-state index contributed by atoms with van der Waals surface area (Å²) in [4.78, 5) is 26.1. The molecule has 6 aliphatic rings. The maximum Gasteiger partial charge on any atom is 0.335 e. The number of phenols is 2. The number of ketones is 1. The molecule has 10 atom stereocenters. The molecular formula is C47H54O13. The number of aromatic hydroxyl groups is 2. The van der Waals surface area contributed by atoms with Gasteiger partial charge in [-0.1, -0.05) is 42.8 Å². The summed E-state index contributed by atoms with van der Waals surface area (Å²) in [5.74, 6) is -2.38. The van der Waals surface area contributed by atoms with E-state index in [1.165, 1.54) is 18.1 Å². The van der Waals surface area contributed by atoms with E-state index in [9.17, 15) is 45.3 Å². The molecule has 7 N–H and O–H groups in total. The SMILES string of the molecule is Cc1c(C(=O)CCc2ccccc2)c(O)c2c(O[C@@H]3O[C@H](CO)[C@]4(C[C@H]5C6=C(CC=C6[C@]6(CCCO)COC[C@H]7CCC[C@H]5[C@H]76)CO4)[C@H](O)[C@H]3O)cc(C(=O)O)cc2c1O. The average Bonchev–Trinajstić information content (AvgIpc) is 3.62. The molecule has 3 aromatic rings. The maximum atomic E-state index is 13.7. The Balaban J connectivity index is 1.06. The summed E-state index contributed by atoms with van der Waals surface area (Å²) < 4.78 is 25.6. The number of allylic oxidation sites excluding steroid dienone is 2. The van der Waals surface area contributed by atoms with E-state index < -0.39 is 60.1 Å². The van der Waals surface area contributed by atoms with Crippen LogP contribution in [0, 0.1) is 36.0 Å². The highest BCUT2D eigenvalue weighted by atomic mass is 16.7. The lowest BCUT2D eigenvalue weighted by atomic mass is 9.46. The smallest absolute Gasteiger partial charge is 0.335 e. The molecule has 3 heterocycles. The number of rotatable bonds is 11. The lowest BCUT2D eigenvalue weighted by Crippen LogP contribution is -2.69. The van der Waals surface area contributed by atoms with Crippen LogP contribution in [0.4, 0.5) is 0 Å². The Morgan fingerprint density at radius 1 is 1.03 bits per heavy atom. The number of Topliss-reactive ketones (excluding diaryl/α,β-unsaturated/α-hetero) is 1. The number of ether oxygens (including phenoxy) is 4. The average molecular weight is 827 g/mol. The van der Waals surface area contributed by atoms with Crippen molar-refractivity contribution in [2.24, 2.45) is 29.1 Å². The molecule has 60 heavy (non-hydrogen) atoms. The van der Waals surface area contributed by atoms with Crippen molar-refractivity contribution in [1.82, 2.24) is 0 Å². The van der Waals surface area contributed by atoms with Crippen LogP contribution in [0.1, 0.15) is 83.2 Å². The number of aliphatic hydroxyl groups is 4. The summed E-state index contributed by atoms with van der Waals surface area (Å²) >= 11 is 0. The van der Waals surface area contributed by atoms with Gasteiger partial charge in [-0.25, -0.2) is 4.79 Å². The van der Waals surface area contributed by atoms with E-state index in [2.05, 4.69) is 6.08 Å². The number of fused-ring (bicyclic) bond motifs is 3. The van der Waals surface area contributed by atoms with E-state index in [4.69, 9.17) is 18.9 Å². The molecule has 0 aromatic heterocycles. The summed E-state index contributed by atoms with van der Waals surface area (Å²) in [6, 6.07) is 11.6. The Labute approximate surface area is 347 Å². The van der Waals surface area contributed by atoms with E-state index in [1.807, 2.05) is 30.3 Å². The molecule has 1 spiro atoms. The molecule has 0 unspecified atom stereocenters. The monoisotopic (exact) mass is 826 g/mol. The van der Waals surface area contributed by atoms with Gasteiger partial charge in [-0.3, -0.25) is 4.79 Å². The molecule has 2 saturated heterocycles. The van der Waals surface area contributed by atoms with Crippen LogP contribution in [-0.2, 0) is 20.6 Å². The Kier molecular flexibility index (Phi) is 10.8. The van der Waals surface area contributed by atoms with Crippen LogP contribution in [0.25, 0.3) is 10.8 Å². The number of aryl methyl sites for hydroxylation is 1. The van der Waals surface area contributed by atoms with E-state index in [-0.39, 0.29) is 82.4 Å². The molecule has 3 aromatic carbocycles. The molecular weight excluding hydrogens is 773 g/mol. The zero-order valence-corrected chi connectivity index (χ0v) is 33.7. The van der Waals surface area contributed by atoms with Crippen LogP contribution >= 0.6 is 0 Å². The zero-order valence-electron chi connectivity index (χ0n) is 33.7. The Hall–Kier alpha value is -4.34. The number of aliphatic hydroxyl groups excluding tert-OH is 4. The van der Waals surface area contributed by atoms with E-state index in [1.54, 1.807) is 0 Å². The molecule has 13 nitrogen and oxygen atoms in total. The minimum absolute atomic E-state index is 0.0000875.